The van der Waals surface area contributed by atoms with E-state index >= 15 is 0 Å². The lowest BCUT2D eigenvalue weighted by molar-refractivity contribution is -0.113. The lowest BCUT2D eigenvalue weighted by Gasteiger charge is -2.09. The van der Waals surface area contributed by atoms with Crippen molar-refractivity contribution in [2.45, 2.75) is 4.34 Å². The minimum Gasteiger partial charge on any atom is -0.320 e. The largest absolute Gasteiger partial charge is 0.320 e. The summed E-state index contributed by atoms with van der Waals surface area (Å²) < 4.78 is 67.6. The van der Waals surface area contributed by atoms with Crippen molar-refractivity contribution in [2.24, 2.45) is 0 Å². The van der Waals surface area contributed by atoms with E-state index in [1.165, 1.54) is 11.3 Å². The van der Waals surface area contributed by atoms with Gasteiger partial charge in [0.25, 0.3) is 0 Å². The quantitative estimate of drug-likeness (QED) is 0.303. The number of amides is 1. The smallest absolute Gasteiger partial charge is 0.234 e. The van der Waals surface area contributed by atoms with Crippen LogP contribution in [0.4, 0.5) is 27.6 Å². The lowest BCUT2D eigenvalue weighted by atomic mass is 10.2. The molecule has 25 heavy (non-hydrogen) atoms. The van der Waals surface area contributed by atoms with Crippen LogP contribution >= 0.6 is 23.1 Å². The van der Waals surface area contributed by atoms with Crippen molar-refractivity contribution in [3.63, 3.8) is 0 Å². The molecule has 3 aromatic rings. The Hall–Kier alpha value is -2.20. The maximum Gasteiger partial charge on any atom is 0.234 e. The molecule has 130 valence electrons. The van der Waals surface area contributed by atoms with Gasteiger partial charge in [0.05, 0.1) is 16.0 Å². The van der Waals surface area contributed by atoms with Gasteiger partial charge in [-0.25, -0.2) is 26.9 Å². The first-order valence-electron chi connectivity index (χ1n) is 6.68. The number of benzene rings is 2. The molecule has 0 unspecified atom stereocenters. The standard InChI is InChI=1S/C15H7F5N2OS2/c16-9-10(17)12(19)14(13(20)11(9)18)22-8(23)5-24-15-21-6-3-1-2-4-7(6)25-15/h1-4H,5H2,(H,22,23). The molecule has 1 N–H and O–H groups in total. The number of anilines is 1. The molecule has 0 spiro atoms. The normalized spacial score (nSPS) is 11.1. The highest BCUT2D eigenvalue weighted by Crippen LogP contribution is 2.30. The number of halogens is 5. The molecule has 0 saturated heterocycles. The molecule has 0 fully saturated rings. The highest BCUT2D eigenvalue weighted by molar-refractivity contribution is 8.01. The number of hydrogen-bond acceptors (Lipinski definition) is 4. The number of nitrogens with zero attached hydrogens (tertiary/aromatic N) is 1. The Bertz CT molecular complexity index is 914. The summed E-state index contributed by atoms with van der Waals surface area (Å²) in [5.74, 6) is -11.9. The topological polar surface area (TPSA) is 42.0 Å². The third kappa shape index (κ3) is 3.45. The van der Waals surface area contributed by atoms with Gasteiger partial charge in [-0.2, -0.15) is 0 Å². The van der Waals surface area contributed by atoms with Crippen LogP contribution in [0.1, 0.15) is 0 Å². The van der Waals surface area contributed by atoms with E-state index in [1.54, 1.807) is 17.4 Å². The number of para-hydroxylation sites is 1. The van der Waals surface area contributed by atoms with Crippen LogP contribution in [0.3, 0.4) is 0 Å². The summed E-state index contributed by atoms with van der Waals surface area (Å²) >= 11 is 2.30. The first-order chi connectivity index (χ1) is 11.9. The van der Waals surface area contributed by atoms with Gasteiger partial charge in [-0.3, -0.25) is 4.79 Å². The average Bonchev–Trinajstić information content (AvgIpc) is 3.03. The van der Waals surface area contributed by atoms with Crippen LogP contribution < -0.4 is 5.32 Å². The van der Waals surface area contributed by atoms with E-state index in [9.17, 15) is 26.7 Å². The van der Waals surface area contributed by atoms with E-state index in [-0.39, 0.29) is 5.75 Å². The van der Waals surface area contributed by atoms with E-state index in [1.807, 2.05) is 12.1 Å². The molecule has 1 aromatic heterocycles. The SMILES string of the molecule is O=C(CSc1nc2ccccc2s1)Nc1c(F)c(F)c(F)c(F)c1F. The third-order valence-electron chi connectivity index (χ3n) is 3.08. The summed E-state index contributed by atoms with van der Waals surface area (Å²) in [7, 11) is 0. The van der Waals surface area contributed by atoms with Crippen molar-refractivity contribution in [3.8, 4) is 0 Å². The van der Waals surface area contributed by atoms with Crippen LogP contribution in [0.5, 0.6) is 0 Å². The first-order valence-corrected chi connectivity index (χ1v) is 8.48. The lowest BCUT2D eigenvalue weighted by Crippen LogP contribution is -2.18. The maximum absolute atomic E-state index is 13.5. The predicted octanol–water partition coefficient (Wildman–Crippen LogP) is 4.72. The molecule has 1 heterocycles. The number of fused-ring (bicyclic) bond motifs is 1. The van der Waals surface area contributed by atoms with E-state index in [0.717, 1.165) is 22.0 Å². The van der Waals surface area contributed by atoms with E-state index in [0.29, 0.717) is 4.34 Å². The second kappa shape index (κ2) is 6.96. The molecular weight excluding hydrogens is 383 g/mol. The van der Waals surface area contributed by atoms with Crippen molar-refractivity contribution in [2.75, 3.05) is 11.1 Å². The van der Waals surface area contributed by atoms with Gasteiger partial charge in [-0.1, -0.05) is 23.9 Å². The third-order valence-corrected chi connectivity index (χ3v) is 5.25. The van der Waals surface area contributed by atoms with Gasteiger partial charge in [0.2, 0.25) is 11.7 Å². The predicted molar refractivity (Wildman–Crippen MR) is 85.2 cm³/mol. The fourth-order valence-corrected chi connectivity index (χ4v) is 3.80. The molecule has 0 bridgehead atoms. The fraction of sp³-hybridized carbons (Fsp3) is 0.0667. The van der Waals surface area contributed by atoms with Crippen LogP contribution in [0.15, 0.2) is 28.6 Å². The second-order valence-corrected chi connectivity index (χ2v) is 6.98. The second-order valence-electron chi connectivity index (χ2n) is 4.73. The summed E-state index contributed by atoms with van der Waals surface area (Å²) in [6.45, 7) is 0. The molecule has 0 radical (unpaired) electrons. The molecule has 1 amide bonds. The van der Waals surface area contributed by atoms with Gasteiger partial charge in [0.15, 0.2) is 27.6 Å². The number of carbonyl (C=O) groups is 1. The van der Waals surface area contributed by atoms with Crippen molar-refractivity contribution in [1.29, 1.82) is 0 Å². The van der Waals surface area contributed by atoms with Gasteiger partial charge in [-0.15, -0.1) is 11.3 Å². The van der Waals surface area contributed by atoms with E-state index < -0.39 is 40.7 Å². The summed E-state index contributed by atoms with van der Waals surface area (Å²) in [6, 6.07) is 7.24. The Kier molecular flexibility index (Phi) is 4.91. The number of hydrogen-bond donors (Lipinski definition) is 1. The van der Waals surface area contributed by atoms with Gasteiger partial charge >= 0.3 is 0 Å². The van der Waals surface area contributed by atoms with Crippen molar-refractivity contribution >= 4 is 44.9 Å². The van der Waals surface area contributed by atoms with E-state index in [4.69, 9.17) is 0 Å². The highest BCUT2D eigenvalue weighted by atomic mass is 32.2. The Balaban J connectivity index is 1.73. The van der Waals surface area contributed by atoms with Crippen molar-refractivity contribution < 1.29 is 26.7 Å². The Morgan fingerprint density at radius 2 is 1.60 bits per heavy atom. The first kappa shape index (κ1) is 17.6. The molecule has 0 aliphatic carbocycles. The molecule has 2 aromatic carbocycles. The Labute approximate surface area is 145 Å². The molecule has 3 rings (SSSR count). The maximum atomic E-state index is 13.5. The Morgan fingerprint density at radius 3 is 2.24 bits per heavy atom. The zero-order valence-electron chi connectivity index (χ0n) is 12.1. The number of rotatable bonds is 4. The number of nitrogens with one attached hydrogen (secondary N) is 1. The number of aromatic nitrogens is 1. The molecular formula is C15H7F5N2OS2. The molecule has 0 aliphatic rings. The van der Waals surface area contributed by atoms with Crippen LogP contribution in [0.25, 0.3) is 10.2 Å². The summed E-state index contributed by atoms with van der Waals surface area (Å²) in [5.41, 5.74) is -0.638. The molecule has 3 nitrogen and oxygen atoms in total. The number of thiazole rings is 1. The zero-order chi connectivity index (χ0) is 18.1. The fourth-order valence-electron chi connectivity index (χ4n) is 1.93. The van der Waals surface area contributed by atoms with E-state index in [2.05, 4.69) is 4.98 Å². The number of carbonyl (C=O) groups excluding carboxylic acids is 1. The monoisotopic (exact) mass is 390 g/mol. The van der Waals surface area contributed by atoms with Gasteiger partial charge in [-0.05, 0) is 12.1 Å². The number of thioether (sulfide) groups is 1. The van der Waals surface area contributed by atoms with Gasteiger partial charge < -0.3 is 5.32 Å². The summed E-state index contributed by atoms with van der Waals surface area (Å²) in [5, 5.41) is 1.71. The minimum atomic E-state index is -2.28. The van der Waals surface area contributed by atoms with Crippen LogP contribution in [0, 0.1) is 29.1 Å². The zero-order valence-corrected chi connectivity index (χ0v) is 13.7. The molecule has 0 aliphatic heterocycles. The minimum absolute atomic E-state index is 0.306. The molecule has 0 saturated carbocycles. The molecule has 10 heteroatoms. The van der Waals surface area contributed by atoms with Crippen LogP contribution in [0.2, 0.25) is 0 Å². The van der Waals surface area contributed by atoms with Crippen LogP contribution in [-0.4, -0.2) is 16.6 Å². The highest BCUT2D eigenvalue weighted by Gasteiger charge is 2.26. The Morgan fingerprint density at radius 1 is 1.00 bits per heavy atom. The summed E-state index contributed by atoms with van der Waals surface area (Å²) in [6.07, 6.45) is 0. The average molecular weight is 390 g/mol. The van der Waals surface area contributed by atoms with Gasteiger partial charge in [0, 0.05) is 0 Å². The van der Waals surface area contributed by atoms with Crippen LogP contribution in [-0.2, 0) is 4.79 Å². The molecule has 0 atom stereocenters. The van der Waals surface area contributed by atoms with Gasteiger partial charge in [0.1, 0.15) is 5.69 Å². The van der Waals surface area contributed by atoms with Crippen molar-refractivity contribution in [3.05, 3.63) is 53.4 Å². The summed E-state index contributed by atoms with van der Waals surface area (Å²) in [4.78, 5) is 16.0. The van der Waals surface area contributed by atoms with Crippen molar-refractivity contribution in [1.82, 2.24) is 4.98 Å².